The maximum Gasteiger partial charge on any atom is 0.307 e. The van der Waals surface area contributed by atoms with E-state index in [9.17, 15) is 9.90 Å². The van der Waals surface area contributed by atoms with Gasteiger partial charge in [-0.25, -0.2) is 0 Å². The van der Waals surface area contributed by atoms with E-state index in [1.807, 2.05) is 24.3 Å². The van der Waals surface area contributed by atoms with Crippen LogP contribution in [0.2, 0.25) is 0 Å². The molecule has 0 aromatic heterocycles. The van der Waals surface area contributed by atoms with Crippen molar-refractivity contribution in [2.75, 3.05) is 0 Å². The molecule has 2 N–H and O–H groups in total. The predicted molar refractivity (Wildman–Crippen MR) is 60.3 cm³/mol. The van der Waals surface area contributed by atoms with E-state index in [-0.39, 0.29) is 6.42 Å². The Morgan fingerprint density at radius 3 is 2.25 bits per heavy atom. The van der Waals surface area contributed by atoms with Crippen LogP contribution in [0.4, 0.5) is 0 Å². The van der Waals surface area contributed by atoms with Gasteiger partial charge < -0.3 is 10.2 Å². The Balaban J connectivity index is 1.88. The van der Waals surface area contributed by atoms with Crippen molar-refractivity contribution in [3.05, 3.63) is 35.4 Å². The zero-order valence-electron chi connectivity index (χ0n) is 9.15. The Morgan fingerprint density at radius 1 is 1.19 bits per heavy atom. The van der Waals surface area contributed by atoms with Gasteiger partial charge in [-0.3, -0.25) is 4.79 Å². The Bertz CT molecular complexity index is 377. The summed E-state index contributed by atoms with van der Waals surface area (Å²) in [5.74, 6) is -0.806. The number of benzene rings is 1. The lowest BCUT2D eigenvalue weighted by molar-refractivity contribution is -0.136. The molecular formula is C13H16O3. The van der Waals surface area contributed by atoms with E-state index in [1.54, 1.807) is 0 Å². The van der Waals surface area contributed by atoms with E-state index in [1.165, 1.54) is 0 Å². The molecule has 0 heterocycles. The van der Waals surface area contributed by atoms with Crippen molar-refractivity contribution < 1.29 is 15.0 Å². The summed E-state index contributed by atoms with van der Waals surface area (Å²) in [5, 5.41) is 18.3. The quantitative estimate of drug-likeness (QED) is 0.795. The maximum atomic E-state index is 10.5. The lowest BCUT2D eigenvalue weighted by Gasteiger charge is -2.07. The van der Waals surface area contributed by atoms with Crippen LogP contribution in [0.25, 0.3) is 0 Å². The normalized spacial score (nSPS) is 17.1. The summed E-state index contributed by atoms with van der Waals surface area (Å²) in [7, 11) is 0. The van der Waals surface area contributed by atoms with Crippen molar-refractivity contribution in [3.63, 3.8) is 0 Å². The molecule has 1 fully saturated rings. The molecule has 0 bridgehead atoms. The van der Waals surface area contributed by atoms with Crippen LogP contribution < -0.4 is 0 Å². The van der Waals surface area contributed by atoms with E-state index in [2.05, 4.69) is 0 Å². The monoisotopic (exact) mass is 220 g/mol. The SMILES string of the molecule is O=C(O)Cc1ccc(CCC2(O)CC2)cc1. The second-order valence-electron chi connectivity index (χ2n) is 4.61. The van der Waals surface area contributed by atoms with E-state index >= 15 is 0 Å². The summed E-state index contributed by atoms with van der Waals surface area (Å²) < 4.78 is 0. The van der Waals surface area contributed by atoms with Crippen molar-refractivity contribution in [2.45, 2.75) is 37.7 Å². The fourth-order valence-electron chi connectivity index (χ4n) is 1.77. The van der Waals surface area contributed by atoms with Gasteiger partial charge >= 0.3 is 5.97 Å². The van der Waals surface area contributed by atoms with Crippen LogP contribution in [0.5, 0.6) is 0 Å². The predicted octanol–water partition coefficient (Wildman–Crippen LogP) is 1.77. The molecule has 0 radical (unpaired) electrons. The number of carboxylic acid groups (broad SMARTS) is 1. The smallest absolute Gasteiger partial charge is 0.307 e. The third-order valence-corrected chi connectivity index (χ3v) is 3.08. The summed E-state index contributed by atoms with van der Waals surface area (Å²) in [6.07, 6.45) is 3.59. The fraction of sp³-hybridized carbons (Fsp3) is 0.462. The van der Waals surface area contributed by atoms with Crippen LogP contribution in [0.1, 0.15) is 30.4 Å². The maximum absolute atomic E-state index is 10.5. The summed E-state index contributed by atoms with van der Waals surface area (Å²) in [6.45, 7) is 0. The molecular weight excluding hydrogens is 204 g/mol. The Hall–Kier alpha value is -1.35. The number of aryl methyl sites for hydroxylation is 1. The van der Waals surface area contributed by atoms with Crippen LogP contribution in [0.15, 0.2) is 24.3 Å². The summed E-state index contributed by atoms with van der Waals surface area (Å²) >= 11 is 0. The van der Waals surface area contributed by atoms with Crippen molar-refractivity contribution in [3.8, 4) is 0 Å². The Labute approximate surface area is 94.7 Å². The number of carbonyl (C=O) groups is 1. The van der Waals surface area contributed by atoms with Crippen molar-refractivity contribution in [2.24, 2.45) is 0 Å². The third kappa shape index (κ3) is 3.07. The largest absolute Gasteiger partial charge is 0.481 e. The van der Waals surface area contributed by atoms with Crippen LogP contribution >= 0.6 is 0 Å². The first-order valence-electron chi connectivity index (χ1n) is 5.59. The molecule has 0 unspecified atom stereocenters. The molecule has 1 saturated carbocycles. The standard InChI is InChI=1S/C13H16O3/c14-12(15)9-11-3-1-10(2-4-11)5-6-13(16)7-8-13/h1-4,16H,5-9H2,(H,14,15). The second-order valence-corrected chi connectivity index (χ2v) is 4.61. The first kappa shape index (κ1) is 11.1. The second kappa shape index (κ2) is 4.26. The Morgan fingerprint density at radius 2 is 1.75 bits per heavy atom. The molecule has 1 aliphatic rings. The third-order valence-electron chi connectivity index (χ3n) is 3.08. The molecule has 3 heteroatoms. The van der Waals surface area contributed by atoms with Gasteiger partial charge in [0.1, 0.15) is 0 Å². The number of aliphatic carboxylic acids is 1. The minimum absolute atomic E-state index is 0.0736. The van der Waals surface area contributed by atoms with Gasteiger partial charge in [-0.1, -0.05) is 24.3 Å². The van der Waals surface area contributed by atoms with Crippen LogP contribution in [-0.4, -0.2) is 21.8 Å². The van der Waals surface area contributed by atoms with Crippen LogP contribution in [-0.2, 0) is 17.6 Å². The first-order valence-corrected chi connectivity index (χ1v) is 5.59. The molecule has 0 spiro atoms. The highest BCUT2D eigenvalue weighted by Crippen LogP contribution is 2.39. The number of rotatable bonds is 5. The first-order chi connectivity index (χ1) is 7.57. The lowest BCUT2D eigenvalue weighted by Crippen LogP contribution is -2.07. The Kier molecular flexibility index (Phi) is 2.97. The van der Waals surface area contributed by atoms with E-state index in [4.69, 9.17) is 5.11 Å². The molecule has 0 aliphatic heterocycles. The van der Waals surface area contributed by atoms with Crippen molar-refractivity contribution >= 4 is 5.97 Å². The molecule has 1 aromatic carbocycles. The minimum atomic E-state index is -0.806. The minimum Gasteiger partial charge on any atom is -0.481 e. The molecule has 3 nitrogen and oxygen atoms in total. The molecule has 0 atom stereocenters. The number of aliphatic hydroxyl groups is 1. The van der Waals surface area contributed by atoms with Gasteiger partial charge in [0.05, 0.1) is 12.0 Å². The highest BCUT2D eigenvalue weighted by atomic mass is 16.4. The van der Waals surface area contributed by atoms with Crippen LogP contribution in [0, 0.1) is 0 Å². The highest BCUT2D eigenvalue weighted by molar-refractivity contribution is 5.70. The van der Waals surface area contributed by atoms with Gasteiger partial charge in [-0.15, -0.1) is 0 Å². The zero-order valence-corrected chi connectivity index (χ0v) is 9.15. The van der Waals surface area contributed by atoms with Gasteiger partial charge in [-0.2, -0.15) is 0 Å². The fourth-order valence-corrected chi connectivity index (χ4v) is 1.77. The van der Waals surface area contributed by atoms with E-state index < -0.39 is 11.6 Å². The van der Waals surface area contributed by atoms with E-state index in [0.717, 1.165) is 36.8 Å². The molecule has 1 aromatic rings. The molecule has 1 aliphatic carbocycles. The van der Waals surface area contributed by atoms with Gasteiger partial charge in [0, 0.05) is 0 Å². The van der Waals surface area contributed by atoms with Crippen molar-refractivity contribution in [1.82, 2.24) is 0 Å². The van der Waals surface area contributed by atoms with Gasteiger partial charge in [0.15, 0.2) is 0 Å². The van der Waals surface area contributed by atoms with Gasteiger partial charge in [-0.05, 0) is 36.8 Å². The lowest BCUT2D eigenvalue weighted by atomic mass is 10.0. The molecule has 0 amide bonds. The highest BCUT2D eigenvalue weighted by Gasteiger charge is 2.39. The molecule has 16 heavy (non-hydrogen) atoms. The summed E-state index contributed by atoms with van der Waals surface area (Å²) in [4.78, 5) is 10.5. The molecule has 2 rings (SSSR count). The average Bonchev–Trinajstić information content (AvgIpc) is 2.96. The average molecular weight is 220 g/mol. The zero-order chi connectivity index (χ0) is 11.6. The molecule has 86 valence electrons. The number of hydrogen-bond acceptors (Lipinski definition) is 2. The van der Waals surface area contributed by atoms with Crippen molar-refractivity contribution in [1.29, 1.82) is 0 Å². The van der Waals surface area contributed by atoms with E-state index in [0.29, 0.717) is 0 Å². The number of carboxylic acids is 1. The topological polar surface area (TPSA) is 57.5 Å². The summed E-state index contributed by atoms with van der Waals surface area (Å²) in [5.41, 5.74) is 1.58. The molecule has 0 saturated heterocycles. The summed E-state index contributed by atoms with van der Waals surface area (Å²) in [6, 6.07) is 7.59. The van der Waals surface area contributed by atoms with Crippen LogP contribution in [0.3, 0.4) is 0 Å². The van der Waals surface area contributed by atoms with Gasteiger partial charge in [0.2, 0.25) is 0 Å². The van der Waals surface area contributed by atoms with Gasteiger partial charge in [0.25, 0.3) is 0 Å². The number of hydrogen-bond donors (Lipinski definition) is 2.